The van der Waals surface area contributed by atoms with E-state index in [9.17, 15) is 14.9 Å². The summed E-state index contributed by atoms with van der Waals surface area (Å²) >= 11 is 0. The Labute approximate surface area is 180 Å². The number of esters is 2. The first kappa shape index (κ1) is 21.9. The number of carbonyl (C=O) groups is 2. The molecule has 2 heterocycles. The maximum Gasteiger partial charge on any atom is 0.333 e. The highest BCUT2D eigenvalue weighted by Crippen LogP contribution is 2.47. The molecule has 1 aromatic heterocycles. The van der Waals surface area contributed by atoms with Crippen molar-refractivity contribution >= 4 is 11.9 Å². The molecule has 0 saturated heterocycles. The summed E-state index contributed by atoms with van der Waals surface area (Å²) in [4.78, 5) is 26.6. The molecule has 0 aliphatic carbocycles. The van der Waals surface area contributed by atoms with Gasteiger partial charge in [-0.3, -0.25) is 9.59 Å². The van der Waals surface area contributed by atoms with Crippen LogP contribution in [-0.4, -0.2) is 34.9 Å². The number of nitriles is 1. The summed E-state index contributed by atoms with van der Waals surface area (Å²) in [7, 11) is 0. The Morgan fingerprint density at radius 1 is 1.19 bits per heavy atom. The third-order valence-electron chi connectivity index (χ3n) is 5.09. The Morgan fingerprint density at radius 2 is 1.81 bits per heavy atom. The number of nitrogens with two attached hydrogens (primary N) is 1. The van der Waals surface area contributed by atoms with Gasteiger partial charge in [0.05, 0.1) is 30.2 Å². The standard InChI is InChI=1S/C22H24N4O5/c1-6-29-20(27)22(21(28)30-7-2)15(11-23)18(24)31-19-17(22)14(5)25-26(19)16-10-12(3)8-9-13(16)4/h8-10H,6-7,24H2,1-5H3. The molecule has 1 aromatic carbocycles. The zero-order valence-corrected chi connectivity index (χ0v) is 18.1. The molecular formula is C22H24N4O5. The molecule has 3 rings (SSSR count). The quantitative estimate of drug-likeness (QED) is 0.571. The Kier molecular flexibility index (Phi) is 5.75. The molecule has 0 unspecified atom stereocenters. The van der Waals surface area contributed by atoms with Crippen molar-refractivity contribution in [2.45, 2.75) is 40.0 Å². The second-order valence-corrected chi connectivity index (χ2v) is 7.11. The van der Waals surface area contributed by atoms with Crippen LogP contribution >= 0.6 is 0 Å². The van der Waals surface area contributed by atoms with Crippen molar-refractivity contribution in [2.75, 3.05) is 13.2 Å². The highest BCUT2D eigenvalue weighted by molar-refractivity contribution is 6.12. The number of aromatic nitrogens is 2. The first-order valence-electron chi connectivity index (χ1n) is 9.84. The molecule has 2 N–H and O–H groups in total. The third kappa shape index (κ3) is 3.20. The van der Waals surface area contributed by atoms with Gasteiger partial charge in [-0.05, 0) is 51.8 Å². The second kappa shape index (κ2) is 8.14. The topological polar surface area (TPSA) is 129 Å². The van der Waals surface area contributed by atoms with E-state index in [-0.39, 0.29) is 36.1 Å². The number of hydrogen-bond donors (Lipinski definition) is 1. The van der Waals surface area contributed by atoms with Gasteiger partial charge in [0.1, 0.15) is 11.6 Å². The van der Waals surface area contributed by atoms with E-state index in [0.29, 0.717) is 11.4 Å². The number of aryl methyl sites for hydroxylation is 3. The molecule has 0 saturated carbocycles. The van der Waals surface area contributed by atoms with E-state index in [1.807, 2.05) is 38.1 Å². The zero-order chi connectivity index (χ0) is 22.9. The molecule has 1 aliphatic rings. The molecule has 0 spiro atoms. The van der Waals surface area contributed by atoms with Crippen LogP contribution in [0, 0.1) is 32.1 Å². The number of ether oxygens (including phenoxy) is 3. The van der Waals surface area contributed by atoms with Gasteiger partial charge in [0.2, 0.25) is 17.2 Å². The van der Waals surface area contributed by atoms with Gasteiger partial charge in [-0.2, -0.15) is 15.0 Å². The lowest BCUT2D eigenvalue weighted by atomic mass is 9.73. The molecule has 1 aliphatic heterocycles. The van der Waals surface area contributed by atoms with Crippen LogP contribution < -0.4 is 10.5 Å². The lowest BCUT2D eigenvalue weighted by Gasteiger charge is -2.32. The van der Waals surface area contributed by atoms with Crippen molar-refractivity contribution in [3.05, 3.63) is 52.0 Å². The molecule has 9 heteroatoms. The van der Waals surface area contributed by atoms with Crippen LogP contribution in [0.5, 0.6) is 5.88 Å². The predicted molar refractivity (Wildman–Crippen MR) is 110 cm³/mol. The van der Waals surface area contributed by atoms with Crippen molar-refractivity contribution in [3.8, 4) is 17.6 Å². The first-order chi connectivity index (χ1) is 14.7. The van der Waals surface area contributed by atoms with Gasteiger partial charge >= 0.3 is 11.9 Å². The predicted octanol–water partition coefficient (Wildman–Crippen LogP) is 2.25. The van der Waals surface area contributed by atoms with E-state index >= 15 is 0 Å². The number of fused-ring (bicyclic) bond motifs is 1. The van der Waals surface area contributed by atoms with Gasteiger partial charge in [-0.1, -0.05) is 12.1 Å². The number of rotatable bonds is 5. The number of nitrogens with zero attached hydrogens (tertiary/aromatic N) is 3. The highest BCUT2D eigenvalue weighted by Gasteiger charge is 2.61. The minimum Gasteiger partial charge on any atom is -0.465 e. The highest BCUT2D eigenvalue weighted by atomic mass is 16.6. The average Bonchev–Trinajstić information content (AvgIpc) is 3.05. The molecule has 0 radical (unpaired) electrons. The van der Waals surface area contributed by atoms with E-state index in [2.05, 4.69) is 5.10 Å². The summed E-state index contributed by atoms with van der Waals surface area (Å²) in [5.74, 6) is -2.27. The SMILES string of the molecule is CCOC(=O)C1(C(=O)OCC)C(C#N)=C(N)Oc2c1c(C)nn2-c1cc(C)ccc1C. The largest absolute Gasteiger partial charge is 0.465 e. The maximum atomic E-state index is 13.3. The molecule has 0 atom stereocenters. The molecule has 0 fully saturated rings. The van der Waals surface area contributed by atoms with Gasteiger partial charge in [-0.15, -0.1) is 0 Å². The first-order valence-corrected chi connectivity index (χ1v) is 9.84. The number of carbonyl (C=O) groups excluding carboxylic acids is 2. The smallest absolute Gasteiger partial charge is 0.333 e. The van der Waals surface area contributed by atoms with E-state index in [1.165, 1.54) is 4.68 Å². The monoisotopic (exact) mass is 424 g/mol. The fourth-order valence-electron chi connectivity index (χ4n) is 3.72. The van der Waals surface area contributed by atoms with Crippen molar-refractivity contribution in [1.82, 2.24) is 9.78 Å². The summed E-state index contributed by atoms with van der Waals surface area (Å²) < 4.78 is 17.7. The van der Waals surface area contributed by atoms with Gasteiger partial charge in [-0.25, -0.2) is 0 Å². The minimum absolute atomic E-state index is 0.0149. The van der Waals surface area contributed by atoms with E-state index < -0.39 is 17.4 Å². The summed E-state index contributed by atoms with van der Waals surface area (Å²) in [5, 5.41) is 14.4. The van der Waals surface area contributed by atoms with Crippen molar-refractivity contribution in [3.63, 3.8) is 0 Å². The van der Waals surface area contributed by atoms with Crippen molar-refractivity contribution < 1.29 is 23.8 Å². The van der Waals surface area contributed by atoms with Gasteiger partial charge in [0.25, 0.3) is 0 Å². The Balaban J connectivity index is 2.43. The molecule has 2 aromatic rings. The molecule has 0 bridgehead atoms. The third-order valence-corrected chi connectivity index (χ3v) is 5.09. The van der Waals surface area contributed by atoms with Crippen LogP contribution in [0.3, 0.4) is 0 Å². The molecule has 9 nitrogen and oxygen atoms in total. The normalized spacial score (nSPS) is 14.3. The number of hydrogen-bond acceptors (Lipinski definition) is 8. The van der Waals surface area contributed by atoms with Gasteiger partial charge < -0.3 is 19.9 Å². The summed E-state index contributed by atoms with van der Waals surface area (Å²) in [6.45, 7) is 8.61. The minimum atomic E-state index is -2.24. The Morgan fingerprint density at radius 3 is 2.35 bits per heavy atom. The van der Waals surface area contributed by atoms with Crippen LogP contribution in [-0.2, 0) is 24.5 Å². The van der Waals surface area contributed by atoms with Crippen LogP contribution in [0.15, 0.2) is 29.7 Å². The fourth-order valence-corrected chi connectivity index (χ4v) is 3.72. The Hall–Kier alpha value is -3.80. The van der Waals surface area contributed by atoms with E-state index in [4.69, 9.17) is 19.9 Å². The summed E-state index contributed by atoms with van der Waals surface area (Å²) in [6, 6.07) is 7.61. The van der Waals surface area contributed by atoms with Crippen molar-refractivity contribution in [1.29, 1.82) is 5.26 Å². The fraction of sp³-hybridized carbons (Fsp3) is 0.364. The van der Waals surface area contributed by atoms with Crippen LogP contribution in [0.1, 0.15) is 36.2 Å². The van der Waals surface area contributed by atoms with Gasteiger partial charge in [0, 0.05) is 0 Å². The molecule has 162 valence electrons. The second-order valence-electron chi connectivity index (χ2n) is 7.11. The lowest BCUT2D eigenvalue weighted by molar-refractivity contribution is -0.162. The van der Waals surface area contributed by atoms with Gasteiger partial charge in [0.15, 0.2) is 0 Å². The molecule has 0 amide bonds. The van der Waals surface area contributed by atoms with Crippen molar-refractivity contribution in [2.24, 2.45) is 5.73 Å². The Bertz CT molecular complexity index is 1120. The molecule has 31 heavy (non-hydrogen) atoms. The lowest BCUT2D eigenvalue weighted by Crippen LogP contribution is -2.51. The van der Waals surface area contributed by atoms with Crippen LogP contribution in [0.25, 0.3) is 5.69 Å². The summed E-state index contributed by atoms with van der Waals surface area (Å²) in [6.07, 6.45) is 0. The number of benzene rings is 1. The summed E-state index contributed by atoms with van der Waals surface area (Å²) in [5.41, 5.74) is 6.34. The van der Waals surface area contributed by atoms with Crippen LogP contribution in [0.4, 0.5) is 0 Å². The average molecular weight is 424 g/mol. The van der Waals surface area contributed by atoms with E-state index in [1.54, 1.807) is 20.8 Å². The van der Waals surface area contributed by atoms with Crippen LogP contribution in [0.2, 0.25) is 0 Å². The maximum absolute atomic E-state index is 13.3. The van der Waals surface area contributed by atoms with E-state index in [0.717, 1.165) is 11.1 Å². The molecular weight excluding hydrogens is 400 g/mol. The zero-order valence-electron chi connectivity index (χ0n) is 18.1.